The highest BCUT2D eigenvalue weighted by Crippen LogP contribution is 2.35. The Morgan fingerprint density at radius 3 is 2.48 bits per heavy atom. The number of hydrogen-bond acceptors (Lipinski definition) is 5. The third-order valence-electron chi connectivity index (χ3n) is 4.39. The fraction of sp³-hybridized carbons (Fsp3) is 0.316. The quantitative estimate of drug-likeness (QED) is 0.677. The summed E-state index contributed by atoms with van der Waals surface area (Å²) < 4.78 is 29.1. The summed E-state index contributed by atoms with van der Waals surface area (Å²) in [5, 5.41) is 0.506. The van der Waals surface area contributed by atoms with Gasteiger partial charge in [0.25, 0.3) is 5.91 Å². The molecule has 0 saturated carbocycles. The van der Waals surface area contributed by atoms with E-state index in [1.165, 1.54) is 17.8 Å². The van der Waals surface area contributed by atoms with Crippen LogP contribution in [-0.2, 0) is 22.9 Å². The lowest BCUT2D eigenvalue weighted by Crippen LogP contribution is -2.26. The molecule has 3 rings (SSSR count). The highest BCUT2D eigenvalue weighted by molar-refractivity contribution is 7.99. The van der Waals surface area contributed by atoms with Crippen molar-refractivity contribution >= 4 is 39.1 Å². The Morgan fingerprint density at radius 2 is 1.89 bits per heavy atom. The van der Waals surface area contributed by atoms with Gasteiger partial charge in [0, 0.05) is 24.2 Å². The van der Waals surface area contributed by atoms with Crippen LogP contribution in [0.2, 0.25) is 5.02 Å². The normalized spacial score (nSPS) is 13.6. The van der Waals surface area contributed by atoms with Crippen LogP contribution in [0.3, 0.4) is 0 Å². The predicted molar refractivity (Wildman–Crippen MR) is 108 cm³/mol. The van der Waals surface area contributed by atoms with E-state index in [9.17, 15) is 13.2 Å². The number of hydrogen-bond donors (Lipinski definition) is 0. The first kappa shape index (κ1) is 20.0. The van der Waals surface area contributed by atoms with E-state index in [4.69, 9.17) is 16.3 Å². The Labute approximate surface area is 168 Å². The number of fused-ring (bicyclic) bond motifs is 1. The van der Waals surface area contributed by atoms with E-state index < -0.39 is 9.84 Å². The van der Waals surface area contributed by atoms with Gasteiger partial charge in [0.05, 0.1) is 22.6 Å². The van der Waals surface area contributed by atoms with E-state index >= 15 is 0 Å². The van der Waals surface area contributed by atoms with E-state index in [1.54, 1.807) is 24.1 Å². The lowest BCUT2D eigenvalue weighted by Gasteiger charge is -2.18. The van der Waals surface area contributed by atoms with Crippen molar-refractivity contribution in [3.05, 3.63) is 52.0 Å². The smallest absolute Gasteiger partial charge is 0.255 e. The number of halogens is 1. The maximum absolute atomic E-state index is 13.2. The Balaban J connectivity index is 1.96. The van der Waals surface area contributed by atoms with Crippen LogP contribution in [0, 0.1) is 0 Å². The zero-order valence-electron chi connectivity index (χ0n) is 15.3. The Hall–Kier alpha value is -1.70. The van der Waals surface area contributed by atoms with Gasteiger partial charge in [-0.15, -0.1) is 11.8 Å². The van der Waals surface area contributed by atoms with Gasteiger partial charge in [0.1, 0.15) is 5.75 Å². The minimum atomic E-state index is -3.40. The number of nitrogens with zero attached hydrogens (tertiary/aromatic N) is 1. The highest BCUT2D eigenvalue weighted by atomic mass is 35.5. The molecule has 144 valence electrons. The SMILES string of the molecule is CCSc1ccc(S(C)(=O)=O)cc1C(=O)N1Cc2cc(Cl)c(OC)cc2C1. The van der Waals surface area contributed by atoms with Crippen LogP contribution in [0.1, 0.15) is 28.4 Å². The number of ether oxygens (including phenoxy) is 1. The van der Waals surface area contributed by atoms with Crippen LogP contribution in [0.5, 0.6) is 5.75 Å². The molecule has 1 heterocycles. The second kappa shape index (κ2) is 7.73. The molecule has 27 heavy (non-hydrogen) atoms. The van der Waals surface area contributed by atoms with E-state index in [1.807, 2.05) is 19.1 Å². The van der Waals surface area contributed by atoms with Crippen molar-refractivity contribution in [1.29, 1.82) is 0 Å². The van der Waals surface area contributed by atoms with Crippen molar-refractivity contribution in [1.82, 2.24) is 4.90 Å². The minimum absolute atomic E-state index is 0.146. The first-order valence-corrected chi connectivity index (χ1v) is 11.6. The van der Waals surface area contributed by atoms with Gasteiger partial charge in [-0.1, -0.05) is 18.5 Å². The largest absolute Gasteiger partial charge is 0.495 e. The topological polar surface area (TPSA) is 63.7 Å². The number of benzene rings is 2. The van der Waals surface area contributed by atoms with Crippen LogP contribution >= 0.6 is 23.4 Å². The number of sulfone groups is 1. The maximum atomic E-state index is 13.2. The molecule has 0 aliphatic carbocycles. The molecule has 0 fully saturated rings. The van der Waals surface area contributed by atoms with E-state index in [0.717, 1.165) is 28.0 Å². The van der Waals surface area contributed by atoms with Gasteiger partial charge in [0.2, 0.25) is 0 Å². The number of carbonyl (C=O) groups excluding carboxylic acids is 1. The summed E-state index contributed by atoms with van der Waals surface area (Å²) >= 11 is 7.71. The number of methoxy groups -OCH3 is 1. The number of carbonyl (C=O) groups is 1. The van der Waals surface area contributed by atoms with Crippen LogP contribution in [0.15, 0.2) is 40.1 Å². The first-order chi connectivity index (χ1) is 12.7. The summed E-state index contributed by atoms with van der Waals surface area (Å²) in [6.07, 6.45) is 1.14. The van der Waals surface area contributed by atoms with Gasteiger partial charge in [0.15, 0.2) is 9.84 Å². The average molecular weight is 426 g/mol. The van der Waals surface area contributed by atoms with Gasteiger partial charge in [-0.25, -0.2) is 8.42 Å². The third-order valence-corrected chi connectivity index (χ3v) is 6.75. The summed E-state index contributed by atoms with van der Waals surface area (Å²) in [6.45, 7) is 2.85. The number of thioether (sulfide) groups is 1. The van der Waals surface area contributed by atoms with Crippen LogP contribution in [0.25, 0.3) is 0 Å². The molecule has 0 spiro atoms. The Kier molecular flexibility index (Phi) is 5.74. The molecule has 8 heteroatoms. The molecular weight excluding hydrogens is 406 g/mol. The monoisotopic (exact) mass is 425 g/mol. The van der Waals surface area contributed by atoms with Gasteiger partial charge < -0.3 is 9.64 Å². The first-order valence-electron chi connectivity index (χ1n) is 8.36. The van der Waals surface area contributed by atoms with Gasteiger partial charge >= 0.3 is 0 Å². The molecule has 0 bridgehead atoms. The summed E-state index contributed by atoms with van der Waals surface area (Å²) in [7, 11) is -1.84. The molecular formula is C19H20ClNO4S2. The van der Waals surface area contributed by atoms with Crippen molar-refractivity contribution < 1.29 is 17.9 Å². The van der Waals surface area contributed by atoms with E-state index in [-0.39, 0.29) is 10.8 Å². The number of amides is 1. The van der Waals surface area contributed by atoms with Gasteiger partial charge in [-0.3, -0.25) is 4.79 Å². The molecule has 2 aromatic rings. The lowest BCUT2D eigenvalue weighted by atomic mass is 10.1. The second-order valence-corrected chi connectivity index (χ2v) is 10.0. The van der Waals surface area contributed by atoms with Crippen LogP contribution in [-0.4, -0.2) is 38.3 Å². The van der Waals surface area contributed by atoms with Crippen molar-refractivity contribution in [2.75, 3.05) is 19.1 Å². The molecule has 0 aromatic heterocycles. The fourth-order valence-corrected chi connectivity index (χ4v) is 4.74. The van der Waals surface area contributed by atoms with Crippen molar-refractivity contribution in [3.63, 3.8) is 0 Å². The molecule has 2 aromatic carbocycles. The van der Waals surface area contributed by atoms with E-state index in [0.29, 0.717) is 29.4 Å². The molecule has 0 N–H and O–H groups in total. The Morgan fingerprint density at radius 1 is 1.22 bits per heavy atom. The standard InChI is InChI=1S/C19H20ClNO4S2/c1-4-26-18-6-5-14(27(3,23)24)9-15(18)19(22)21-10-12-7-16(20)17(25-2)8-13(12)11-21/h5-9H,4,10-11H2,1-3H3. The zero-order chi connectivity index (χ0) is 19.8. The van der Waals surface area contributed by atoms with Crippen molar-refractivity contribution in [2.45, 2.75) is 29.8 Å². The fourth-order valence-electron chi connectivity index (χ4n) is 3.06. The molecule has 1 aliphatic heterocycles. The lowest BCUT2D eigenvalue weighted by molar-refractivity contribution is 0.0747. The van der Waals surface area contributed by atoms with Gasteiger partial charge in [-0.2, -0.15) is 0 Å². The molecule has 1 aliphatic rings. The Bertz CT molecular complexity index is 1010. The highest BCUT2D eigenvalue weighted by Gasteiger charge is 2.28. The van der Waals surface area contributed by atoms with E-state index in [2.05, 4.69) is 0 Å². The van der Waals surface area contributed by atoms with Gasteiger partial charge in [-0.05, 0) is 47.2 Å². The summed E-state index contributed by atoms with van der Waals surface area (Å²) in [5.74, 6) is 1.17. The van der Waals surface area contributed by atoms with Crippen LogP contribution < -0.4 is 4.74 Å². The predicted octanol–water partition coefficient (Wildman–Crippen LogP) is 4.02. The second-order valence-electron chi connectivity index (χ2n) is 6.28. The molecule has 0 saturated heterocycles. The molecule has 0 unspecified atom stereocenters. The molecule has 1 amide bonds. The molecule has 0 radical (unpaired) electrons. The molecule has 0 atom stereocenters. The summed E-state index contributed by atoms with van der Waals surface area (Å²) in [5.41, 5.74) is 2.36. The minimum Gasteiger partial charge on any atom is -0.495 e. The van der Waals surface area contributed by atoms with Crippen molar-refractivity contribution in [2.24, 2.45) is 0 Å². The van der Waals surface area contributed by atoms with Crippen LogP contribution in [0.4, 0.5) is 0 Å². The van der Waals surface area contributed by atoms with Crippen molar-refractivity contribution in [3.8, 4) is 5.75 Å². The zero-order valence-corrected chi connectivity index (χ0v) is 17.7. The summed E-state index contributed by atoms with van der Waals surface area (Å²) in [4.78, 5) is 15.8. The maximum Gasteiger partial charge on any atom is 0.255 e. The number of rotatable bonds is 5. The molecule has 5 nitrogen and oxygen atoms in total. The summed E-state index contributed by atoms with van der Waals surface area (Å²) in [6, 6.07) is 8.40. The third kappa shape index (κ3) is 4.10. The average Bonchev–Trinajstić information content (AvgIpc) is 3.02.